The molecule has 0 unspecified atom stereocenters. The lowest BCUT2D eigenvalue weighted by molar-refractivity contribution is 0.222. The number of benzene rings is 1. The van der Waals surface area contributed by atoms with Crippen molar-refractivity contribution in [3.63, 3.8) is 0 Å². The molecular weight excluding hydrogens is 201 g/mol. The van der Waals surface area contributed by atoms with Gasteiger partial charge in [-0.3, -0.25) is 0 Å². The van der Waals surface area contributed by atoms with Crippen molar-refractivity contribution in [1.82, 2.24) is 5.32 Å². The van der Waals surface area contributed by atoms with Gasteiger partial charge in [0, 0.05) is 12.6 Å². The Morgan fingerprint density at radius 3 is 3.00 bits per heavy atom. The van der Waals surface area contributed by atoms with E-state index in [1.165, 1.54) is 0 Å². The zero-order valence-corrected chi connectivity index (χ0v) is 10.1. The van der Waals surface area contributed by atoms with Gasteiger partial charge in [-0.1, -0.05) is 43.5 Å². The van der Waals surface area contributed by atoms with Crippen LogP contribution in [0.3, 0.4) is 0 Å². The fraction of sp³-hybridized carbons (Fsp3) is 0.571. The second-order valence-corrected chi connectivity index (χ2v) is 4.73. The maximum atomic E-state index is 14.3. The summed E-state index contributed by atoms with van der Waals surface area (Å²) in [7, 11) is 0. The van der Waals surface area contributed by atoms with E-state index < -0.39 is 6.17 Å². The van der Waals surface area contributed by atoms with Crippen LogP contribution in [0.5, 0.6) is 0 Å². The predicted molar refractivity (Wildman–Crippen MR) is 65.2 cm³/mol. The van der Waals surface area contributed by atoms with Crippen LogP contribution in [0.15, 0.2) is 18.2 Å². The number of hydrogen-bond acceptors (Lipinski definition) is 1. The van der Waals surface area contributed by atoms with Crippen LogP contribution < -0.4 is 5.32 Å². The summed E-state index contributed by atoms with van der Waals surface area (Å²) in [4.78, 5) is 0. The predicted octanol–water partition coefficient (Wildman–Crippen LogP) is 3.67. The van der Waals surface area contributed by atoms with Gasteiger partial charge in [-0.15, -0.1) is 0 Å². The number of alkyl halides is 1. The molecule has 16 heavy (non-hydrogen) atoms. The van der Waals surface area contributed by atoms with Gasteiger partial charge in [0.15, 0.2) is 0 Å². The van der Waals surface area contributed by atoms with Gasteiger partial charge in [-0.25, -0.2) is 4.39 Å². The fourth-order valence-corrected chi connectivity index (χ4v) is 2.37. The summed E-state index contributed by atoms with van der Waals surface area (Å²) < 4.78 is 14.3. The lowest BCUT2D eigenvalue weighted by atomic mass is 9.90. The second kappa shape index (κ2) is 4.96. The Hall–Kier alpha value is -0.890. The average molecular weight is 221 g/mol. The standard InChI is InChI=1S/C14H20FN/c1-3-4-5-13-14(15)12-8-10(2)6-7-11(12)9-16-13/h6-8,13-14,16H,3-5,9H2,1-2H3/t13-,14-/m1/s1. The zero-order valence-electron chi connectivity index (χ0n) is 10.1. The Bertz CT molecular complexity index is 362. The second-order valence-electron chi connectivity index (χ2n) is 4.73. The van der Waals surface area contributed by atoms with Crippen molar-refractivity contribution in [2.75, 3.05) is 0 Å². The van der Waals surface area contributed by atoms with Crippen molar-refractivity contribution < 1.29 is 4.39 Å². The molecule has 1 nitrogen and oxygen atoms in total. The molecule has 0 saturated carbocycles. The molecule has 1 aromatic rings. The van der Waals surface area contributed by atoms with Gasteiger partial charge in [0.1, 0.15) is 6.17 Å². The first-order valence-corrected chi connectivity index (χ1v) is 6.19. The first kappa shape index (κ1) is 11.6. The summed E-state index contributed by atoms with van der Waals surface area (Å²) in [6.45, 7) is 4.98. The summed E-state index contributed by atoms with van der Waals surface area (Å²) >= 11 is 0. The highest BCUT2D eigenvalue weighted by Gasteiger charge is 2.28. The molecular formula is C14H20FN. The van der Waals surface area contributed by atoms with E-state index in [1.54, 1.807) is 0 Å². The Morgan fingerprint density at radius 1 is 1.44 bits per heavy atom. The molecule has 1 aliphatic heterocycles. The van der Waals surface area contributed by atoms with Gasteiger partial charge >= 0.3 is 0 Å². The molecule has 1 aromatic carbocycles. The number of aryl methyl sites for hydroxylation is 1. The first-order valence-electron chi connectivity index (χ1n) is 6.19. The van der Waals surface area contributed by atoms with Crippen LogP contribution in [0.4, 0.5) is 4.39 Å². The summed E-state index contributed by atoms with van der Waals surface area (Å²) in [5, 5.41) is 3.30. The Kier molecular flexibility index (Phi) is 3.59. The van der Waals surface area contributed by atoms with Gasteiger partial charge in [0.2, 0.25) is 0 Å². The minimum atomic E-state index is -0.838. The van der Waals surface area contributed by atoms with Gasteiger partial charge in [-0.05, 0) is 24.5 Å². The fourth-order valence-electron chi connectivity index (χ4n) is 2.37. The topological polar surface area (TPSA) is 12.0 Å². The number of hydrogen-bond donors (Lipinski definition) is 1. The average Bonchev–Trinajstić information content (AvgIpc) is 2.29. The monoisotopic (exact) mass is 221 g/mol. The molecule has 1 heterocycles. The Labute approximate surface area is 97.1 Å². The van der Waals surface area contributed by atoms with E-state index in [2.05, 4.69) is 18.3 Å². The number of rotatable bonds is 3. The van der Waals surface area contributed by atoms with Crippen LogP contribution in [0.1, 0.15) is 49.0 Å². The molecule has 0 bridgehead atoms. The van der Waals surface area contributed by atoms with E-state index in [-0.39, 0.29) is 6.04 Å². The summed E-state index contributed by atoms with van der Waals surface area (Å²) in [5.74, 6) is 0. The van der Waals surface area contributed by atoms with Crippen LogP contribution in [0.25, 0.3) is 0 Å². The lowest BCUT2D eigenvalue weighted by Gasteiger charge is -2.30. The molecule has 0 radical (unpaired) electrons. The third-order valence-electron chi connectivity index (χ3n) is 3.38. The highest BCUT2D eigenvalue weighted by atomic mass is 19.1. The third kappa shape index (κ3) is 2.27. The van der Waals surface area contributed by atoms with Crippen LogP contribution in [-0.4, -0.2) is 6.04 Å². The minimum Gasteiger partial charge on any atom is -0.307 e. The van der Waals surface area contributed by atoms with Crippen molar-refractivity contribution in [1.29, 1.82) is 0 Å². The summed E-state index contributed by atoms with van der Waals surface area (Å²) in [6.07, 6.45) is 2.32. The van der Waals surface area contributed by atoms with Crippen molar-refractivity contribution in [2.24, 2.45) is 0 Å². The molecule has 0 fully saturated rings. The van der Waals surface area contributed by atoms with Crippen molar-refractivity contribution in [3.8, 4) is 0 Å². The smallest absolute Gasteiger partial charge is 0.141 e. The van der Waals surface area contributed by atoms with Crippen LogP contribution in [0.2, 0.25) is 0 Å². The van der Waals surface area contributed by atoms with Crippen molar-refractivity contribution in [2.45, 2.75) is 51.9 Å². The van der Waals surface area contributed by atoms with E-state index in [1.807, 2.05) is 19.1 Å². The van der Waals surface area contributed by atoms with E-state index in [0.717, 1.165) is 42.5 Å². The van der Waals surface area contributed by atoms with Crippen molar-refractivity contribution in [3.05, 3.63) is 34.9 Å². The van der Waals surface area contributed by atoms with Crippen LogP contribution in [-0.2, 0) is 6.54 Å². The zero-order chi connectivity index (χ0) is 11.5. The van der Waals surface area contributed by atoms with E-state index in [9.17, 15) is 4.39 Å². The number of fused-ring (bicyclic) bond motifs is 1. The minimum absolute atomic E-state index is 0.00856. The van der Waals surface area contributed by atoms with Gasteiger partial charge in [-0.2, -0.15) is 0 Å². The van der Waals surface area contributed by atoms with Gasteiger partial charge < -0.3 is 5.32 Å². The molecule has 1 N–H and O–H groups in total. The molecule has 88 valence electrons. The molecule has 2 atom stereocenters. The first-order chi connectivity index (χ1) is 7.72. The molecule has 2 rings (SSSR count). The summed E-state index contributed by atoms with van der Waals surface area (Å²) in [6, 6.07) is 6.11. The molecule has 0 aliphatic carbocycles. The van der Waals surface area contributed by atoms with E-state index in [4.69, 9.17) is 0 Å². The van der Waals surface area contributed by atoms with Gasteiger partial charge in [0.25, 0.3) is 0 Å². The highest BCUT2D eigenvalue weighted by molar-refractivity contribution is 5.35. The number of unbranched alkanes of at least 4 members (excludes halogenated alkanes) is 1. The largest absolute Gasteiger partial charge is 0.307 e. The van der Waals surface area contributed by atoms with E-state index >= 15 is 0 Å². The third-order valence-corrected chi connectivity index (χ3v) is 3.38. The number of nitrogens with one attached hydrogen (secondary N) is 1. The molecule has 0 amide bonds. The SMILES string of the molecule is CCCC[C@H]1NCc2ccc(C)cc2[C@H]1F. The Morgan fingerprint density at radius 2 is 2.25 bits per heavy atom. The molecule has 1 aliphatic rings. The maximum Gasteiger partial charge on any atom is 0.141 e. The number of halogens is 1. The molecule has 0 saturated heterocycles. The van der Waals surface area contributed by atoms with Crippen molar-refractivity contribution >= 4 is 0 Å². The normalized spacial score (nSPS) is 24.2. The highest BCUT2D eigenvalue weighted by Crippen LogP contribution is 2.32. The molecule has 2 heteroatoms. The molecule has 0 spiro atoms. The van der Waals surface area contributed by atoms with Crippen LogP contribution >= 0.6 is 0 Å². The van der Waals surface area contributed by atoms with Gasteiger partial charge in [0.05, 0.1) is 0 Å². The summed E-state index contributed by atoms with van der Waals surface area (Å²) in [5.41, 5.74) is 3.17. The van der Waals surface area contributed by atoms with Crippen LogP contribution in [0, 0.1) is 6.92 Å². The maximum absolute atomic E-state index is 14.3. The van der Waals surface area contributed by atoms with E-state index in [0.29, 0.717) is 0 Å². The lowest BCUT2D eigenvalue weighted by Crippen LogP contribution is -2.37. The quantitative estimate of drug-likeness (QED) is 0.821. The Balaban J connectivity index is 2.17. The molecule has 0 aromatic heterocycles.